The van der Waals surface area contributed by atoms with Gasteiger partial charge in [-0.15, -0.1) is 0 Å². The average molecular weight is 320 g/mol. The summed E-state index contributed by atoms with van der Waals surface area (Å²) in [5.74, 6) is -2.01. The maximum atomic E-state index is 13.2. The average Bonchev–Trinajstić information content (AvgIpc) is 2.51. The molecule has 122 valence electrons. The highest BCUT2D eigenvalue weighted by molar-refractivity contribution is 5.89. The van der Waals surface area contributed by atoms with Gasteiger partial charge in [0.05, 0.1) is 6.10 Å². The number of aliphatic hydroxyl groups excluding tert-OH is 1. The maximum Gasteiger partial charge on any atom is 0.322 e. The van der Waals surface area contributed by atoms with Gasteiger partial charge in [0.2, 0.25) is 0 Å². The van der Waals surface area contributed by atoms with E-state index in [1.807, 2.05) is 30.3 Å². The van der Waals surface area contributed by atoms with E-state index in [4.69, 9.17) is 0 Å². The number of aliphatic hydroxyl groups is 1. The molecule has 0 fully saturated rings. The van der Waals surface area contributed by atoms with Crippen LogP contribution < -0.4 is 5.32 Å². The van der Waals surface area contributed by atoms with Crippen molar-refractivity contribution in [3.05, 3.63) is 65.7 Å². The molecule has 2 aromatic rings. The lowest BCUT2D eigenvalue weighted by molar-refractivity contribution is 0.135. The van der Waals surface area contributed by atoms with Gasteiger partial charge in [0, 0.05) is 24.8 Å². The summed E-state index contributed by atoms with van der Waals surface area (Å²) in [5.41, 5.74) is 1.05. The Hall–Kier alpha value is -2.47. The molecule has 0 aromatic heterocycles. The molecule has 0 radical (unpaired) electrons. The largest absolute Gasteiger partial charge is 0.392 e. The van der Waals surface area contributed by atoms with Crippen molar-refractivity contribution in [3.63, 3.8) is 0 Å². The predicted molar refractivity (Wildman–Crippen MR) is 83.9 cm³/mol. The van der Waals surface area contributed by atoms with Crippen molar-refractivity contribution in [2.75, 3.05) is 11.9 Å². The van der Waals surface area contributed by atoms with E-state index in [0.29, 0.717) is 6.54 Å². The molecule has 0 saturated heterocycles. The number of carbonyl (C=O) groups excluding carboxylic acids is 1. The number of hydrogen-bond acceptors (Lipinski definition) is 2. The number of anilines is 1. The van der Waals surface area contributed by atoms with Crippen LogP contribution in [0.15, 0.2) is 48.5 Å². The highest BCUT2D eigenvalue weighted by Gasteiger charge is 2.17. The molecule has 4 nitrogen and oxygen atoms in total. The van der Waals surface area contributed by atoms with Gasteiger partial charge in [-0.25, -0.2) is 13.6 Å². The first-order chi connectivity index (χ1) is 11.0. The first kappa shape index (κ1) is 16.9. The Labute approximate surface area is 133 Å². The second-order valence-corrected chi connectivity index (χ2v) is 5.27. The second kappa shape index (κ2) is 7.69. The van der Waals surface area contributed by atoms with E-state index in [-0.39, 0.29) is 12.2 Å². The van der Waals surface area contributed by atoms with Crippen molar-refractivity contribution in [3.8, 4) is 0 Å². The van der Waals surface area contributed by atoms with Crippen LogP contribution in [0.4, 0.5) is 19.3 Å². The van der Waals surface area contributed by atoms with Gasteiger partial charge in [-0.1, -0.05) is 30.3 Å². The standard InChI is InChI=1S/C17H18F2N2O2/c1-12(22)10-21(11-13-5-3-2-4-6-13)17(23)20-14-7-8-15(18)16(19)9-14/h2-9,12,22H,10-11H2,1H3,(H,20,23). The molecule has 2 aromatic carbocycles. The molecule has 0 heterocycles. The van der Waals surface area contributed by atoms with E-state index in [1.54, 1.807) is 6.92 Å². The molecule has 6 heteroatoms. The summed E-state index contributed by atoms with van der Waals surface area (Å²) >= 11 is 0. The SMILES string of the molecule is CC(O)CN(Cc1ccccc1)C(=O)Nc1ccc(F)c(F)c1. The van der Waals surface area contributed by atoms with E-state index in [9.17, 15) is 18.7 Å². The zero-order valence-corrected chi connectivity index (χ0v) is 12.7. The van der Waals surface area contributed by atoms with E-state index >= 15 is 0 Å². The van der Waals surface area contributed by atoms with Gasteiger partial charge >= 0.3 is 6.03 Å². The minimum Gasteiger partial charge on any atom is -0.392 e. The van der Waals surface area contributed by atoms with Crippen LogP contribution in [0.1, 0.15) is 12.5 Å². The second-order valence-electron chi connectivity index (χ2n) is 5.27. The number of nitrogens with zero attached hydrogens (tertiary/aromatic N) is 1. The molecule has 1 atom stereocenters. The minimum atomic E-state index is -1.03. The fourth-order valence-electron chi connectivity index (χ4n) is 2.12. The third kappa shape index (κ3) is 5.03. The van der Waals surface area contributed by atoms with Gasteiger partial charge in [0.1, 0.15) is 0 Å². The van der Waals surface area contributed by atoms with E-state index < -0.39 is 23.8 Å². The predicted octanol–water partition coefficient (Wildman–Crippen LogP) is 3.38. The normalized spacial score (nSPS) is 11.8. The lowest BCUT2D eigenvalue weighted by atomic mass is 10.2. The summed E-state index contributed by atoms with van der Waals surface area (Å²) in [5, 5.41) is 12.1. The third-order valence-electron chi connectivity index (χ3n) is 3.16. The zero-order chi connectivity index (χ0) is 16.8. The van der Waals surface area contributed by atoms with Crippen molar-refractivity contribution in [2.24, 2.45) is 0 Å². The Balaban J connectivity index is 2.11. The summed E-state index contributed by atoms with van der Waals surface area (Å²) in [7, 11) is 0. The highest BCUT2D eigenvalue weighted by atomic mass is 19.2. The van der Waals surface area contributed by atoms with Crippen LogP contribution in [0, 0.1) is 11.6 Å². The number of amides is 2. The molecule has 0 bridgehead atoms. The van der Waals surface area contributed by atoms with Gasteiger partial charge in [0.25, 0.3) is 0 Å². The van der Waals surface area contributed by atoms with Gasteiger partial charge < -0.3 is 15.3 Å². The lowest BCUT2D eigenvalue weighted by Gasteiger charge is -2.24. The molecule has 1 unspecified atom stereocenters. The zero-order valence-electron chi connectivity index (χ0n) is 12.7. The Bertz CT molecular complexity index is 663. The first-order valence-corrected chi connectivity index (χ1v) is 7.18. The van der Waals surface area contributed by atoms with Crippen LogP contribution in [0.3, 0.4) is 0 Å². The Morgan fingerprint density at radius 3 is 2.48 bits per heavy atom. The monoisotopic (exact) mass is 320 g/mol. The van der Waals surface area contributed by atoms with Crippen LogP contribution in [-0.2, 0) is 6.54 Å². The number of benzene rings is 2. The van der Waals surface area contributed by atoms with E-state index in [1.165, 1.54) is 11.0 Å². The summed E-state index contributed by atoms with van der Waals surface area (Å²) in [6.07, 6.45) is -0.714. The molecular weight excluding hydrogens is 302 g/mol. The number of halogens is 2. The minimum absolute atomic E-state index is 0.115. The fourth-order valence-corrected chi connectivity index (χ4v) is 2.12. The lowest BCUT2D eigenvalue weighted by Crippen LogP contribution is -2.39. The number of hydrogen-bond donors (Lipinski definition) is 2. The molecule has 0 spiro atoms. The molecule has 0 aliphatic heterocycles. The van der Waals surface area contributed by atoms with Crippen molar-refractivity contribution < 1.29 is 18.7 Å². The van der Waals surface area contributed by atoms with E-state index in [0.717, 1.165) is 17.7 Å². The molecule has 23 heavy (non-hydrogen) atoms. The van der Waals surface area contributed by atoms with Gasteiger partial charge in [-0.05, 0) is 24.6 Å². The summed E-state index contributed by atoms with van der Waals surface area (Å²) < 4.78 is 26.1. The van der Waals surface area contributed by atoms with Gasteiger partial charge in [-0.2, -0.15) is 0 Å². The number of rotatable bonds is 5. The Kier molecular flexibility index (Phi) is 5.65. The quantitative estimate of drug-likeness (QED) is 0.887. The smallest absolute Gasteiger partial charge is 0.322 e. The van der Waals surface area contributed by atoms with Crippen LogP contribution in [0.2, 0.25) is 0 Å². The number of carbonyl (C=O) groups is 1. The third-order valence-corrected chi connectivity index (χ3v) is 3.16. The maximum absolute atomic E-state index is 13.2. The van der Waals surface area contributed by atoms with Crippen molar-refractivity contribution in [1.82, 2.24) is 4.90 Å². The Morgan fingerprint density at radius 2 is 1.87 bits per heavy atom. The Morgan fingerprint density at radius 1 is 1.17 bits per heavy atom. The molecule has 2 N–H and O–H groups in total. The van der Waals surface area contributed by atoms with Gasteiger partial charge in [-0.3, -0.25) is 0 Å². The topological polar surface area (TPSA) is 52.6 Å². The van der Waals surface area contributed by atoms with Crippen molar-refractivity contribution >= 4 is 11.7 Å². The van der Waals surface area contributed by atoms with Crippen molar-refractivity contribution in [2.45, 2.75) is 19.6 Å². The summed E-state index contributed by atoms with van der Waals surface area (Å²) in [4.78, 5) is 13.7. The number of nitrogens with one attached hydrogen (secondary N) is 1. The van der Waals surface area contributed by atoms with Crippen molar-refractivity contribution in [1.29, 1.82) is 0 Å². The molecule has 0 aliphatic rings. The number of urea groups is 1. The van der Waals surface area contributed by atoms with Crippen LogP contribution in [0.25, 0.3) is 0 Å². The molecular formula is C17H18F2N2O2. The van der Waals surface area contributed by atoms with E-state index in [2.05, 4.69) is 5.32 Å². The molecule has 0 aliphatic carbocycles. The van der Waals surface area contributed by atoms with Crippen LogP contribution >= 0.6 is 0 Å². The first-order valence-electron chi connectivity index (χ1n) is 7.18. The van der Waals surface area contributed by atoms with Crippen LogP contribution in [-0.4, -0.2) is 28.7 Å². The fraction of sp³-hybridized carbons (Fsp3) is 0.235. The summed E-state index contributed by atoms with van der Waals surface area (Å²) in [6.45, 7) is 1.98. The molecule has 2 amide bonds. The highest BCUT2D eigenvalue weighted by Crippen LogP contribution is 2.15. The summed E-state index contributed by atoms with van der Waals surface area (Å²) in [6, 6.07) is 11.9. The van der Waals surface area contributed by atoms with Crippen LogP contribution in [0.5, 0.6) is 0 Å². The molecule has 2 rings (SSSR count). The molecule has 0 saturated carbocycles. The van der Waals surface area contributed by atoms with Gasteiger partial charge in [0.15, 0.2) is 11.6 Å².